The van der Waals surface area contributed by atoms with Crippen molar-refractivity contribution >= 4 is 11.6 Å². The highest BCUT2D eigenvalue weighted by molar-refractivity contribution is 6.32. The van der Waals surface area contributed by atoms with Crippen LogP contribution in [0.3, 0.4) is 0 Å². The molecule has 1 aromatic rings. The first-order valence-corrected chi connectivity index (χ1v) is 5.64. The molecule has 1 rings (SSSR count). The van der Waals surface area contributed by atoms with E-state index in [1.165, 1.54) is 0 Å². The quantitative estimate of drug-likeness (QED) is 0.813. The second-order valence-corrected chi connectivity index (χ2v) is 5.10. The van der Waals surface area contributed by atoms with E-state index in [1.54, 1.807) is 0 Å². The summed E-state index contributed by atoms with van der Waals surface area (Å²) in [7, 11) is 0. The molecule has 0 aliphatic rings. The summed E-state index contributed by atoms with van der Waals surface area (Å²) in [5, 5.41) is 11.1. The number of hydrogen-bond acceptors (Lipinski definition) is 1. The van der Waals surface area contributed by atoms with E-state index in [0.717, 1.165) is 21.7 Å². The van der Waals surface area contributed by atoms with Crippen LogP contribution in [0.4, 0.5) is 0 Å². The number of aliphatic hydroxyl groups is 1. The summed E-state index contributed by atoms with van der Waals surface area (Å²) in [5.41, 5.74) is 2.19. The highest BCUT2D eigenvalue weighted by Crippen LogP contribution is 2.32. The summed E-state index contributed by atoms with van der Waals surface area (Å²) in [4.78, 5) is 0. The minimum Gasteiger partial charge on any atom is -0.385 e. The van der Waals surface area contributed by atoms with Crippen LogP contribution in [-0.2, 0) is 5.60 Å². The summed E-state index contributed by atoms with van der Waals surface area (Å²) < 4.78 is 0. The molecule has 0 fully saturated rings. The van der Waals surface area contributed by atoms with Gasteiger partial charge in [0, 0.05) is 5.02 Å². The van der Waals surface area contributed by atoms with Gasteiger partial charge >= 0.3 is 0 Å². The van der Waals surface area contributed by atoms with Crippen LogP contribution >= 0.6 is 11.6 Å². The van der Waals surface area contributed by atoms with E-state index in [4.69, 9.17) is 11.6 Å². The Morgan fingerprint density at radius 3 is 1.93 bits per heavy atom. The molecule has 0 spiro atoms. The lowest BCUT2D eigenvalue weighted by Crippen LogP contribution is -2.28. The topological polar surface area (TPSA) is 20.2 Å². The SMILES string of the molecule is Cc1cc(C(C)(O)C(C)C)cc(C)c1Cl. The maximum atomic E-state index is 10.4. The zero-order chi connectivity index (χ0) is 11.8. The number of aryl methyl sites for hydroxylation is 2. The van der Waals surface area contributed by atoms with E-state index in [9.17, 15) is 5.11 Å². The van der Waals surface area contributed by atoms with Gasteiger partial charge in [-0.15, -0.1) is 0 Å². The smallest absolute Gasteiger partial charge is 0.0891 e. The molecule has 1 nitrogen and oxygen atoms in total. The van der Waals surface area contributed by atoms with Gasteiger partial charge in [-0.2, -0.15) is 0 Å². The van der Waals surface area contributed by atoms with Crippen LogP contribution in [0.5, 0.6) is 0 Å². The fourth-order valence-corrected chi connectivity index (χ4v) is 1.68. The average molecular weight is 227 g/mol. The fourth-order valence-electron chi connectivity index (χ4n) is 1.57. The van der Waals surface area contributed by atoms with Gasteiger partial charge < -0.3 is 5.11 Å². The molecule has 0 saturated carbocycles. The largest absolute Gasteiger partial charge is 0.385 e. The normalized spacial score (nSPS) is 15.5. The van der Waals surface area contributed by atoms with Gasteiger partial charge in [0.05, 0.1) is 5.60 Å². The van der Waals surface area contributed by atoms with Gasteiger partial charge in [0.15, 0.2) is 0 Å². The molecule has 15 heavy (non-hydrogen) atoms. The summed E-state index contributed by atoms with van der Waals surface area (Å²) >= 11 is 6.10. The molecule has 0 aliphatic carbocycles. The third-order valence-corrected chi connectivity index (χ3v) is 3.74. The summed E-state index contributed by atoms with van der Waals surface area (Å²) in [6.07, 6.45) is 0. The van der Waals surface area contributed by atoms with Gasteiger partial charge in [-0.1, -0.05) is 37.6 Å². The van der Waals surface area contributed by atoms with Crippen LogP contribution in [0.2, 0.25) is 5.02 Å². The molecule has 0 aliphatic heterocycles. The maximum absolute atomic E-state index is 10.4. The Balaban J connectivity index is 3.28. The zero-order valence-corrected chi connectivity index (χ0v) is 10.8. The molecule has 2 heteroatoms. The first-order valence-electron chi connectivity index (χ1n) is 5.26. The van der Waals surface area contributed by atoms with Gasteiger partial charge in [0.2, 0.25) is 0 Å². The highest BCUT2D eigenvalue weighted by Gasteiger charge is 2.27. The summed E-state index contributed by atoms with van der Waals surface area (Å²) in [5.74, 6) is 0.178. The minimum atomic E-state index is -0.792. The Morgan fingerprint density at radius 1 is 1.20 bits per heavy atom. The second-order valence-electron chi connectivity index (χ2n) is 4.73. The summed E-state index contributed by atoms with van der Waals surface area (Å²) in [6, 6.07) is 3.94. The Labute approximate surface area is 97.1 Å². The Kier molecular flexibility index (Phi) is 3.47. The molecule has 1 unspecified atom stereocenters. The average Bonchev–Trinajstić information content (AvgIpc) is 2.13. The van der Waals surface area contributed by atoms with Gasteiger partial charge in [-0.05, 0) is 43.4 Å². The predicted octanol–water partition coefficient (Wildman–Crippen LogP) is 3.82. The van der Waals surface area contributed by atoms with Crippen molar-refractivity contribution in [2.24, 2.45) is 5.92 Å². The molecule has 1 aromatic carbocycles. The molecule has 1 N–H and O–H groups in total. The van der Waals surface area contributed by atoms with Crippen LogP contribution in [0.25, 0.3) is 0 Å². The summed E-state index contributed by atoms with van der Waals surface area (Å²) in [6.45, 7) is 9.81. The Hall–Kier alpha value is -0.530. The van der Waals surface area contributed by atoms with Crippen LogP contribution < -0.4 is 0 Å². The van der Waals surface area contributed by atoms with Crippen molar-refractivity contribution in [1.82, 2.24) is 0 Å². The van der Waals surface area contributed by atoms with Crippen LogP contribution in [-0.4, -0.2) is 5.11 Å². The van der Waals surface area contributed by atoms with Gasteiger partial charge in [-0.25, -0.2) is 0 Å². The van der Waals surface area contributed by atoms with Crippen LogP contribution in [0.15, 0.2) is 12.1 Å². The lowest BCUT2D eigenvalue weighted by Gasteiger charge is -2.29. The van der Waals surface area contributed by atoms with Crippen molar-refractivity contribution in [1.29, 1.82) is 0 Å². The van der Waals surface area contributed by atoms with Crippen molar-refractivity contribution in [3.05, 3.63) is 33.8 Å². The lowest BCUT2D eigenvalue weighted by molar-refractivity contribution is 0.00895. The van der Waals surface area contributed by atoms with E-state index >= 15 is 0 Å². The monoisotopic (exact) mass is 226 g/mol. The number of hydrogen-bond donors (Lipinski definition) is 1. The van der Waals surface area contributed by atoms with E-state index in [1.807, 2.05) is 46.8 Å². The van der Waals surface area contributed by atoms with Crippen molar-refractivity contribution < 1.29 is 5.11 Å². The third kappa shape index (κ3) is 2.35. The predicted molar refractivity (Wildman–Crippen MR) is 65.3 cm³/mol. The fraction of sp³-hybridized carbons (Fsp3) is 0.538. The van der Waals surface area contributed by atoms with Crippen molar-refractivity contribution in [3.8, 4) is 0 Å². The van der Waals surface area contributed by atoms with E-state index in [-0.39, 0.29) is 5.92 Å². The maximum Gasteiger partial charge on any atom is 0.0891 e. The molecule has 0 bridgehead atoms. The van der Waals surface area contributed by atoms with E-state index in [0.29, 0.717) is 0 Å². The zero-order valence-electron chi connectivity index (χ0n) is 10.1. The first-order chi connectivity index (χ1) is 6.76. The molecule has 84 valence electrons. The van der Waals surface area contributed by atoms with E-state index in [2.05, 4.69) is 0 Å². The molecule has 1 atom stereocenters. The van der Waals surface area contributed by atoms with E-state index < -0.39 is 5.60 Å². The van der Waals surface area contributed by atoms with Crippen LogP contribution in [0, 0.1) is 19.8 Å². The Bertz CT molecular complexity index is 344. The molecule has 0 heterocycles. The molecular formula is C13H19ClO. The second kappa shape index (κ2) is 4.15. The molecule has 0 aromatic heterocycles. The lowest BCUT2D eigenvalue weighted by atomic mass is 9.84. The van der Waals surface area contributed by atoms with Crippen molar-refractivity contribution in [2.45, 2.75) is 40.2 Å². The van der Waals surface area contributed by atoms with Gasteiger partial charge in [-0.3, -0.25) is 0 Å². The standard InChI is InChI=1S/C13H19ClO/c1-8(2)13(5,15)11-6-9(3)12(14)10(4)7-11/h6-8,15H,1-5H3. The number of rotatable bonds is 2. The van der Waals surface area contributed by atoms with Crippen molar-refractivity contribution in [2.75, 3.05) is 0 Å². The highest BCUT2D eigenvalue weighted by atomic mass is 35.5. The number of benzene rings is 1. The number of halogens is 1. The molecular weight excluding hydrogens is 208 g/mol. The Morgan fingerprint density at radius 2 is 1.60 bits per heavy atom. The molecule has 0 saturated heterocycles. The van der Waals surface area contributed by atoms with Crippen LogP contribution in [0.1, 0.15) is 37.5 Å². The minimum absolute atomic E-state index is 0.178. The first kappa shape index (κ1) is 12.5. The third-order valence-electron chi connectivity index (χ3n) is 3.15. The molecule has 0 amide bonds. The van der Waals surface area contributed by atoms with Gasteiger partial charge in [0.1, 0.15) is 0 Å². The molecule has 0 radical (unpaired) electrons. The van der Waals surface area contributed by atoms with Crippen molar-refractivity contribution in [3.63, 3.8) is 0 Å². The van der Waals surface area contributed by atoms with Gasteiger partial charge in [0.25, 0.3) is 0 Å².